The number of carbonyl (C=O) groups is 2. The quantitative estimate of drug-likeness (QED) is 0.910. The monoisotopic (exact) mass is 290 g/mol. The predicted molar refractivity (Wildman–Crippen MR) is 80.5 cm³/mol. The van der Waals surface area contributed by atoms with E-state index >= 15 is 0 Å². The van der Waals surface area contributed by atoms with Crippen molar-refractivity contribution in [3.8, 4) is 0 Å². The molecule has 0 unspecified atom stereocenters. The van der Waals surface area contributed by atoms with E-state index in [1.54, 1.807) is 16.7 Å². The van der Waals surface area contributed by atoms with Gasteiger partial charge in [-0.05, 0) is 32.4 Å². The van der Waals surface area contributed by atoms with Gasteiger partial charge in [0.25, 0.3) is 0 Å². The largest absolute Gasteiger partial charge is 0.324 e. The van der Waals surface area contributed by atoms with E-state index in [9.17, 15) is 9.59 Å². The minimum absolute atomic E-state index is 0.0830. The summed E-state index contributed by atoms with van der Waals surface area (Å²) in [4.78, 5) is 26.0. The first-order valence-corrected chi connectivity index (χ1v) is 7.82. The minimum atomic E-state index is -0.346. The highest BCUT2D eigenvalue weighted by molar-refractivity contribution is 8.01. The molecule has 0 aromatic heterocycles. The maximum atomic E-state index is 12.4. The number of benzene rings is 1. The first kappa shape index (κ1) is 13.5. The Morgan fingerprint density at radius 2 is 2.10 bits per heavy atom. The van der Waals surface area contributed by atoms with Crippen molar-refractivity contribution in [2.75, 3.05) is 11.1 Å². The van der Waals surface area contributed by atoms with Gasteiger partial charge < -0.3 is 10.2 Å². The van der Waals surface area contributed by atoms with Crippen LogP contribution in [0.4, 0.5) is 5.69 Å². The van der Waals surface area contributed by atoms with Crippen molar-refractivity contribution in [3.05, 3.63) is 29.8 Å². The topological polar surface area (TPSA) is 49.4 Å². The third-order valence-electron chi connectivity index (χ3n) is 4.07. The van der Waals surface area contributed by atoms with Crippen LogP contribution in [0, 0.1) is 6.92 Å². The molecular weight excluding hydrogens is 272 g/mol. The zero-order valence-electron chi connectivity index (χ0n) is 11.7. The smallest absolute Gasteiger partial charge is 0.248 e. The van der Waals surface area contributed by atoms with E-state index < -0.39 is 0 Å². The maximum absolute atomic E-state index is 12.4. The highest BCUT2D eigenvalue weighted by atomic mass is 32.2. The van der Waals surface area contributed by atoms with Crippen molar-refractivity contribution in [2.24, 2.45) is 0 Å². The molecule has 0 aliphatic carbocycles. The molecule has 2 fully saturated rings. The summed E-state index contributed by atoms with van der Waals surface area (Å²) in [7, 11) is 0. The molecule has 1 aromatic carbocycles. The Balaban J connectivity index is 1.75. The van der Waals surface area contributed by atoms with Crippen LogP contribution in [-0.2, 0) is 9.59 Å². The number of hydrogen-bond acceptors (Lipinski definition) is 3. The molecule has 4 nitrogen and oxygen atoms in total. The van der Waals surface area contributed by atoms with Gasteiger partial charge in [-0.3, -0.25) is 9.59 Å². The highest BCUT2D eigenvalue weighted by Gasteiger charge is 2.52. The number of rotatable bonds is 2. The molecule has 2 amide bonds. The molecule has 2 aliphatic heterocycles. The molecule has 106 valence electrons. The summed E-state index contributed by atoms with van der Waals surface area (Å²) < 4.78 is 0. The first-order valence-electron chi connectivity index (χ1n) is 6.83. The van der Waals surface area contributed by atoms with Gasteiger partial charge in [0.1, 0.15) is 6.04 Å². The van der Waals surface area contributed by atoms with Gasteiger partial charge in [0.2, 0.25) is 11.8 Å². The van der Waals surface area contributed by atoms with E-state index in [1.807, 2.05) is 31.2 Å². The van der Waals surface area contributed by atoms with E-state index in [0.717, 1.165) is 17.7 Å². The van der Waals surface area contributed by atoms with Crippen LogP contribution in [0.25, 0.3) is 0 Å². The van der Waals surface area contributed by atoms with Crippen molar-refractivity contribution < 1.29 is 9.59 Å². The third-order valence-corrected chi connectivity index (χ3v) is 5.57. The average Bonchev–Trinajstić information content (AvgIpc) is 2.90. The summed E-state index contributed by atoms with van der Waals surface area (Å²) in [5.74, 6) is 0.696. The van der Waals surface area contributed by atoms with E-state index in [1.165, 1.54) is 0 Å². The number of aryl methyl sites for hydroxylation is 1. The minimum Gasteiger partial charge on any atom is -0.324 e. The molecular formula is C15H18N2O2S. The summed E-state index contributed by atoms with van der Waals surface area (Å²) >= 11 is 1.71. The lowest BCUT2D eigenvalue weighted by Crippen LogP contribution is -2.48. The van der Waals surface area contributed by atoms with Crippen LogP contribution in [0.15, 0.2) is 24.3 Å². The average molecular weight is 290 g/mol. The van der Waals surface area contributed by atoms with Crippen molar-refractivity contribution in [2.45, 2.75) is 37.6 Å². The van der Waals surface area contributed by atoms with Crippen LogP contribution < -0.4 is 5.32 Å². The predicted octanol–water partition coefficient (Wildman–Crippen LogP) is 2.39. The molecule has 2 atom stereocenters. The van der Waals surface area contributed by atoms with Gasteiger partial charge in [-0.1, -0.05) is 17.7 Å². The number of nitrogens with zero attached hydrogens (tertiary/aromatic N) is 1. The van der Waals surface area contributed by atoms with Crippen LogP contribution in [0.3, 0.4) is 0 Å². The second kappa shape index (κ2) is 4.81. The van der Waals surface area contributed by atoms with Gasteiger partial charge in [-0.2, -0.15) is 0 Å². The first-order chi connectivity index (χ1) is 9.49. The Kier molecular flexibility index (Phi) is 3.24. The maximum Gasteiger partial charge on any atom is 0.248 e. The van der Waals surface area contributed by atoms with E-state index in [4.69, 9.17) is 0 Å². The number of nitrogens with one attached hydrogen (secondary N) is 1. The molecule has 0 radical (unpaired) electrons. The number of fused-ring (bicyclic) bond motifs is 1. The molecule has 20 heavy (non-hydrogen) atoms. The fourth-order valence-corrected chi connectivity index (χ4v) is 4.31. The van der Waals surface area contributed by atoms with Gasteiger partial charge in [0, 0.05) is 17.9 Å². The summed E-state index contributed by atoms with van der Waals surface area (Å²) in [6, 6.07) is 7.36. The number of anilines is 1. The van der Waals surface area contributed by atoms with E-state index in [-0.39, 0.29) is 22.7 Å². The molecule has 1 N–H and O–H groups in total. The molecule has 0 spiro atoms. The lowest BCUT2D eigenvalue weighted by molar-refractivity contribution is -0.135. The normalized spacial score (nSPS) is 28.6. The van der Waals surface area contributed by atoms with Gasteiger partial charge in [-0.15, -0.1) is 11.8 Å². The number of thioether (sulfide) groups is 1. The zero-order valence-corrected chi connectivity index (χ0v) is 12.5. The Morgan fingerprint density at radius 3 is 2.80 bits per heavy atom. The molecule has 2 saturated heterocycles. The van der Waals surface area contributed by atoms with Crippen molar-refractivity contribution in [1.29, 1.82) is 0 Å². The number of carbonyl (C=O) groups excluding carboxylic acids is 2. The fourth-order valence-electron chi connectivity index (χ4n) is 2.88. The van der Waals surface area contributed by atoms with Crippen LogP contribution in [-0.4, -0.2) is 33.4 Å². The molecule has 2 aliphatic rings. The van der Waals surface area contributed by atoms with Crippen LogP contribution in [0.5, 0.6) is 0 Å². The number of hydrogen-bond donors (Lipinski definition) is 1. The number of amides is 2. The Labute approximate surface area is 122 Å². The molecule has 3 rings (SSSR count). The molecule has 0 bridgehead atoms. The molecule has 5 heteroatoms. The third kappa shape index (κ3) is 2.20. The van der Waals surface area contributed by atoms with E-state index in [0.29, 0.717) is 12.2 Å². The van der Waals surface area contributed by atoms with Crippen LogP contribution in [0.1, 0.15) is 25.3 Å². The molecule has 0 saturated carbocycles. The Hall–Kier alpha value is -1.49. The van der Waals surface area contributed by atoms with Gasteiger partial charge >= 0.3 is 0 Å². The SMILES string of the molecule is Cc1ccc(NC(=O)[C@@H]2CS[C@]3(C)CCC(=O)N23)cc1. The Morgan fingerprint density at radius 1 is 1.40 bits per heavy atom. The van der Waals surface area contributed by atoms with Crippen molar-refractivity contribution >= 4 is 29.3 Å². The standard InChI is InChI=1S/C15H18N2O2S/c1-10-3-5-11(6-4-10)16-14(19)12-9-20-15(2)8-7-13(18)17(12)15/h3-6,12H,7-9H2,1-2H3,(H,16,19)/t12-,15+/m0/s1. The van der Waals surface area contributed by atoms with Gasteiger partial charge in [0.15, 0.2) is 0 Å². The second-order valence-corrected chi connectivity index (χ2v) is 7.12. The van der Waals surface area contributed by atoms with Crippen LogP contribution >= 0.6 is 11.8 Å². The summed E-state index contributed by atoms with van der Waals surface area (Å²) in [6.45, 7) is 4.06. The van der Waals surface area contributed by atoms with Crippen molar-refractivity contribution in [1.82, 2.24) is 4.90 Å². The Bertz CT molecular complexity index is 557. The summed E-state index contributed by atoms with van der Waals surface area (Å²) in [6.07, 6.45) is 1.39. The van der Waals surface area contributed by atoms with Gasteiger partial charge in [0.05, 0.1) is 4.87 Å². The summed E-state index contributed by atoms with van der Waals surface area (Å²) in [5.41, 5.74) is 1.94. The lowest BCUT2D eigenvalue weighted by atomic mass is 10.2. The fraction of sp³-hybridized carbons (Fsp3) is 0.467. The van der Waals surface area contributed by atoms with Gasteiger partial charge in [-0.25, -0.2) is 0 Å². The molecule has 2 heterocycles. The lowest BCUT2D eigenvalue weighted by Gasteiger charge is -2.29. The molecule has 1 aromatic rings. The van der Waals surface area contributed by atoms with Crippen LogP contribution in [0.2, 0.25) is 0 Å². The van der Waals surface area contributed by atoms with Crippen molar-refractivity contribution in [3.63, 3.8) is 0 Å². The zero-order chi connectivity index (χ0) is 14.3. The summed E-state index contributed by atoms with van der Waals surface area (Å²) in [5, 5.41) is 2.92. The highest BCUT2D eigenvalue weighted by Crippen LogP contribution is 2.47. The van der Waals surface area contributed by atoms with E-state index in [2.05, 4.69) is 12.2 Å². The second-order valence-electron chi connectivity index (χ2n) is 5.62.